The predicted octanol–water partition coefficient (Wildman–Crippen LogP) is 21.9. The van der Waals surface area contributed by atoms with Gasteiger partial charge in [-0.1, -0.05) is 298 Å². The van der Waals surface area contributed by atoms with Crippen LogP contribution in [0.4, 0.5) is 4.39 Å². The van der Waals surface area contributed by atoms with Crippen LogP contribution in [0.3, 0.4) is 0 Å². The fraction of sp³-hybridized carbons (Fsp3) is 0.714. The predicted molar refractivity (Wildman–Crippen MR) is 294 cm³/mol. The van der Waals surface area contributed by atoms with Gasteiger partial charge in [0.25, 0.3) is 0 Å². The fourth-order valence-corrected chi connectivity index (χ4v) is 11.4. The van der Waals surface area contributed by atoms with Gasteiger partial charge in [0.2, 0.25) is 0 Å². The van der Waals surface area contributed by atoms with Gasteiger partial charge in [0, 0.05) is 0 Å². The zero-order chi connectivity index (χ0) is 47.3. The van der Waals surface area contributed by atoms with Crippen molar-refractivity contribution in [2.75, 3.05) is 13.2 Å². The lowest BCUT2D eigenvalue weighted by Crippen LogP contribution is -2.19. The number of halogens is 2. The topological polar surface area (TPSA) is 18.5 Å². The fourth-order valence-electron chi connectivity index (χ4n) is 10.5. The standard InChI is InChI=1S/C63H100BrFO2/c1-3-5-7-9-11-13-15-17-19-21-23-25-27-29-31-33-35-37-39-41-50-66-57-46-48-59-60-49-47-58(54-62(60)63(64,61(59)53-57)55-44-43-45-56(65)52-55)67-51-42-40-38-36-34-32-30-28-26-24-22-20-18-16-14-12-10-8-6-4-2/h43-49,52-54H,3-42,50-51H2,1-2H3. The molecule has 0 radical (unpaired) electrons. The monoisotopic (exact) mass is 987 g/mol. The third-order valence-corrected chi connectivity index (χ3v) is 16.1. The van der Waals surface area contributed by atoms with E-state index in [9.17, 15) is 4.39 Å². The Labute approximate surface area is 421 Å². The zero-order valence-corrected chi connectivity index (χ0v) is 45.1. The molecule has 0 saturated heterocycles. The lowest BCUT2D eigenvalue weighted by Gasteiger charge is -2.26. The maximum atomic E-state index is 14.8. The van der Waals surface area contributed by atoms with Gasteiger partial charge in [0.05, 0.1) is 13.2 Å². The first kappa shape index (κ1) is 57.3. The number of rotatable bonds is 45. The second kappa shape index (κ2) is 37.5. The van der Waals surface area contributed by atoms with Crippen molar-refractivity contribution in [2.45, 2.75) is 275 Å². The molecule has 1 aliphatic carbocycles. The number of hydrogen-bond donors (Lipinski definition) is 0. The quantitative estimate of drug-likeness (QED) is 0.0415. The van der Waals surface area contributed by atoms with Crippen LogP contribution in [0.1, 0.15) is 287 Å². The van der Waals surface area contributed by atoms with E-state index in [2.05, 4.69) is 66.2 Å². The lowest BCUT2D eigenvalue weighted by atomic mass is 9.89. The normalized spacial score (nSPS) is 12.7. The molecule has 0 fully saturated rings. The van der Waals surface area contributed by atoms with Gasteiger partial charge < -0.3 is 9.47 Å². The van der Waals surface area contributed by atoms with Gasteiger partial charge in [-0.05, 0) is 77.1 Å². The Bertz CT molecular complexity index is 1560. The number of hydrogen-bond acceptors (Lipinski definition) is 2. The SMILES string of the molecule is CCCCCCCCCCCCCCCCCCCCCCOc1ccc2c(c1)C(Br)(c1cccc(F)c1)c1cc(OCCCCCCCCCCCCCCCCCCCCCC)ccc1-2. The van der Waals surface area contributed by atoms with E-state index < -0.39 is 4.32 Å². The number of ether oxygens (including phenoxy) is 2. The Morgan fingerprint density at radius 1 is 0.358 bits per heavy atom. The molecule has 3 aromatic carbocycles. The molecule has 0 amide bonds. The molecule has 0 bridgehead atoms. The second-order valence-electron chi connectivity index (χ2n) is 20.7. The van der Waals surface area contributed by atoms with Crippen molar-refractivity contribution in [2.24, 2.45) is 0 Å². The zero-order valence-electron chi connectivity index (χ0n) is 43.5. The van der Waals surface area contributed by atoms with Gasteiger partial charge in [0.1, 0.15) is 21.6 Å². The molecular weight excluding hydrogens is 888 g/mol. The first-order valence-electron chi connectivity index (χ1n) is 29.1. The van der Waals surface area contributed by atoms with Crippen molar-refractivity contribution in [3.63, 3.8) is 0 Å². The van der Waals surface area contributed by atoms with E-state index >= 15 is 0 Å². The van der Waals surface area contributed by atoms with E-state index in [0.29, 0.717) is 0 Å². The van der Waals surface area contributed by atoms with Crippen LogP contribution in [0.2, 0.25) is 0 Å². The highest BCUT2D eigenvalue weighted by Gasteiger charge is 2.43. The number of fused-ring (bicyclic) bond motifs is 3. The van der Waals surface area contributed by atoms with Gasteiger partial charge in [-0.2, -0.15) is 0 Å². The summed E-state index contributed by atoms with van der Waals surface area (Å²) in [5.41, 5.74) is 5.39. The van der Waals surface area contributed by atoms with Crippen LogP contribution in [-0.2, 0) is 4.32 Å². The van der Waals surface area contributed by atoms with E-state index in [1.807, 2.05) is 12.1 Å². The summed E-state index contributed by atoms with van der Waals surface area (Å²) in [5, 5.41) is 0. The highest BCUT2D eigenvalue weighted by atomic mass is 79.9. The largest absolute Gasteiger partial charge is 0.494 e. The molecule has 0 N–H and O–H groups in total. The van der Waals surface area contributed by atoms with E-state index in [4.69, 9.17) is 9.47 Å². The summed E-state index contributed by atoms with van der Waals surface area (Å²) in [7, 11) is 0. The van der Waals surface area contributed by atoms with Crippen molar-refractivity contribution in [1.82, 2.24) is 0 Å². The molecule has 0 aliphatic heterocycles. The molecule has 0 heterocycles. The second-order valence-corrected chi connectivity index (χ2v) is 21.9. The number of alkyl halides is 1. The summed E-state index contributed by atoms with van der Waals surface area (Å²) >= 11 is 4.20. The average Bonchev–Trinajstić information content (AvgIpc) is 3.59. The van der Waals surface area contributed by atoms with Crippen molar-refractivity contribution in [1.29, 1.82) is 0 Å². The number of unbranched alkanes of at least 4 members (excludes halogenated alkanes) is 38. The molecule has 0 aromatic heterocycles. The summed E-state index contributed by atoms with van der Waals surface area (Å²) in [4.78, 5) is 0. The molecule has 4 heteroatoms. The van der Waals surface area contributed by atoms with Crippen molar-refractivity contribution >= 4 is 15.9 Å². The molecule has 2 nitrogen and oxygen atoms in total. The molecular formula is C63H100BrFO2. The van der Waals surface area contributed by atoms with Crippen LogP contribution < -0.4 is 9.47 Å². The van der Waals surface area contributed by atoms with Crippen molar-refractivity contribution < 1.29 is 13.9 Å². The van der Waals surface area contributed by atoms with E-state index in [-0.39, 0.29) is 5.82 Å². The Hall–Kier alpha value is -2.33. The van der Waals surface area contributed by atoms with Gasteiger partial charge in [-0.25, -0.2) is 4.39 Å². The van der Waals surface area contributed by atoms with Crippen LogP contribution in [0.25, 0.3) is 11.1 Å². The van der Waals surface area contributed by atoms with E-state index in [1.54, 1.807) is 6.07 Å². The molecule has 378 valence electrons. The molecule has 4 rings (SSSR count). The van der Waals surface area contributed by atoms with Gasteiger partial charge in [0.15, 0.2) is 0 Å². The third-order valence-electron chi connectivity index (χ3n) is 14.8. The Kier molecular flexibility index (Phi) is 32.0. The maximum absolute atomic E-state index is 14.8. The Morgan fingerprint density at radius 2 is 0.642 bits per heavy atom. The highest BCUT2D eigenvalue weighted by Crippen LogP contribution is 2.57. The first-order valence-corrected chi connectivity index (χ1v) is 29.9. The van der Waals surface area contributed by atoms with Gasteiger partial charge >= 0.3 is 0 Å². The summed E-state index contributed by atoms with van der Waals surface area (Å²) < 4.78 is 26.9. The van der Waals surface area contributed by atoms with Crippen LogP contribution in [0.15, 0.2) is 60.7 Å². The van der Waals surface area contributed by atoms with Crippen molar-refractivity contribution in [3.05, 3.63) is 83.2 Å². The summed E-state index contributed by atoms with van der Waals surface area (Å²) in [5.74, 6) is 1.52. The Balaban J connectivity index is 1.06. The van der Waals surface area contributed by atoms with E-state index in [1.165, 1.54) is 250 Å². The van der Waals surface area contributed by atoms with Crippen molar-refractivity contribution in [3.8, 4) is 22.6 Å². The molecule has 3 aromatic rings. The first-order chi connectivity index (χ1) is 33.1. The van der Waals surface area contributed by atoms with Crippen LogP contribution >= 0.6 is 15.9 Å². The maximum Gasteiger partial charge on any atom is 0.123 e. The molecule has 67 heavy (non-hydrogen) atoms. The molecule has 0 spiro atoms. The average molecular weight is 988 g/mol. The minimum Gasteiger partial charge on any atom is -0.494 e. The molecule has 1 aliphatic rings. The minimum absolute atomic E-state index is 0.231. The summed E-state index contributed by atoms with van der Waals surface area (Å²) in [6.45, 7) is 6.04. The van der Waals surface area contributed by atoms with Crippen LogP contribution in [-0.4, -0.2) is 13.2 Å². The van der Waals surface area contributed by atoms with Gasteiger partial charge in [-0.3, -0.25) is 0 Å². The third kappa shape index (κ3) is 23.4. The van der Waals surface area contributed by atoms with Crippen LogP contribution in [0.5, 0.6) is 11.5 Å². The Morgan fingerprint density at radius 3 is 0.925 bits per heavy atom. The highest BCUT2D eigenvalue weighted by molar-refractivity contribution is 9.10. The molecule has 0 unspecified atom stereocenters. The molecule has 0 saturated carbocycles. The van der Waals surface area contributed by atoms with Crippen LogP contribution in [0, 0.1) is 5.82 Å². The lowest BCUT2D eigenvalue weighted by molar-refractivity contribution is 0.304. The summed E-state index contributed by atoms with van der Waals surface area (Å²) in [6, 6.07) is 19.9. The number of benzene rings is 3. The van der Waals surface area contributed by atoms with Gasteiger partial charge in [-0.15, -0.1) is 0 Å². The summed E-state index contributed by atoms with van der Waals surface area (Å²) in [6.07, 6.45) is 55.4. The smallest absolute Gasteiger partial charge is 0.123 e. The minimum atomic E-state index is -0.696. The van der Waals surface area contributed by atoms with E-state index in [0.717, 1.165) is 65.4 Å². The molecule has 0 atom stereocenters.